The van der Waals surface area contributed by atoms with E-state index in [9.17, 15) is 9.18 Å². The number of nitrogens with zero attached hydrogens (tertiary/aromatic N) is 2. The Bertz CT molecular complexity index is 875. The second kappa shape index (κ2) is 7.59. The molecule has 1 aromatic carbocycles. The average Bonchev–Trinajstić information content (AvgIpc) is 3.16. The predicted octanol–water partition coefficient (Wildman–Crippen LogP) is 3.88. The van der Waals surface area contributed by atoms with Crippen molar-refractivity contribution in [2.24, 2.45) is 0 Å². The third-order valence-electron chi connectivity index (χ3n) is 4.11. The summed E-state index contributed by atoms with van der Waals surface area (Å²) in [7, 11) is 0. The van der Waals surface area contributed by atoms with Crippen LogP contribution >= 0.6 is 23.1 Å². The zero-order valence-electron chi connectivity index (χ0n) is 13.8. The van der Waals surface area contributed by atoms with Crippen molar-refractivity contribution in [2.45, 2.75) is 30.0 Å². The van der Waals surface area contributed by atoms with Crippen molar-refractivity contribution in [3.05, 3.63) is 63.9 Å². The smallest absolute Gasteiger partial charge is 0.231 e. The van der Waals surface area contributed by atoms with Crippen LogP contribution in [0.4, 0.5) is 4.39 Å². The number of H-pyrrole nitrogens is 1. The van der Waals surface area contributed by atoms with Crippen LogP contribution in [0.15, 0.2) is 46.9 Å². The van der Waals surface area contributed by atoms with Crippen molar-refractivity contribution in [1.82, 2.24) is 20.5 Å². The van der Waals surface area contributed by atoms with Crippen LogP contribution in [0.3, 0.4) is 0 Å². The highest BCUT2D eigenvalue weighted by atomic mass is 32.2. The summed E-state index contributed by atoms with van der Waals surface area (Å²) in [5.74, 6) is 1.24. The van der Waals surface area contributed by atoms with Gasteiger partial charge < -0.3 is 5.32 Å². The first kappa shape index (κ1) is 17.2. The van der Waals surface area contributed by atoms with E-state index in [1.54, 1.807) is 23.5 Å². The molecular weight excluding hydrogens is 371 g/mol. The maximum Gasteiger partial charge on any atom is 0.231 e. The number of rotatable bonds is 7. The Morgan fingerprint density at radius 2 is 2.15 bits per heavy atom. The Morgan fingerprint density at radius 3 is 2.85 bits per heavy atom. The molecule has 2 heterocycles. The van der Waals surface area contributed by atoms with E-state index in [1.165, 1.54) is 23.9 Å². The van der Waals surface area contributed by atoms with Crippen LogP contribution in [-0.2, 0) is 4.79 Å². The van der Waals surface area contributed by atoms with Crippen LogP contribution < -0.4 is 5.32 Å². The Kier molecular flexibility index (Phi) is 5.03. The van der Waals surface area contributed by atoms with Gasteiger partial charge in [0.2, 0.25) is 11.1 Å². The van der Waals surface area contributed by atoms with Crippen LogP contribution in [0.25, 0.3) is 0 Å². The van der Waals surface area contributed by atoms with Gasteiger partial charge in [0.15, 0.2) is 0 Å². The number of carbonyl (C=O) groups excluding carboxylic acids is 1. The minimum absolute atomic E-state index is 0.115. The molecule has 2 aromatic heterocycles. The molecule has 134 valence electrons. The number of aromatic amines is 1. The fourth-order valence-electron chi connectivity index (χ4n) is 2.62. The molecule has 1 atom stereocenters. The van der Waals surface area contributed by atoms with Crippen LogP contribution in [-0.4, -0.2) is 26.8 Å². The highest BCUT2D eigenvalue weighted by Crippen LogP contribution is 2.38. The number of nitrogens with one attached hydrogen (secondary N) is 2. The van der Waals surface area contributed by atoms with Gasteiger partial charge in [-0.1, -0.05) is 30.0 Å². The number of benzene rings is 1. The number of thioether (sulfide) groups is 1. The van der Waals surface area contributed by atoms with Gasteiger partial charge >= 0.3 is 0 Å². The molecule has 2 N–H and O–H groups in total. The molecule has 0 saturated heterocycles. The first-order chi connectivity index (χ1) is 12.7. The molecule has 0 bridgehead atoms. The van der Waals surface area contributed by atoms with E-state index in [4.69, 9.17) is 0 Å². The van der Waals surface area contributed by atoms with Crippen molar-refractivity contribution in [2.75, 3.05) is 5.75 Å². The largest absolute Gasteiger partial charge is 0.344 e. The molecule has 1 aliphatic carbocycles. The molecule has 26 heavy (non-hydrogen) atoms. The Hall–Kier alpha value is -2.19. The summed E-state index contributed by atoms with van der Waals surface area (Å²) in [6.45, 7) is 0. The number of carbonyl (C=O) groups is 1. The summed E-state index contributed by atoms with van der Waals surface area (Å²) in [6, 6.07) is 9.81. The number of aromatic nitrogens is 3. The molecule has 5 nitrogen and oxygen atoms in total. The molecule has 3 aromatic rings. The third-order valence-corrected chi connectivity index (χ3v) is 5.90. The zero-order chi connectivity index (χ0) is 17.9. The monoisotopic (exact) mass is 388 g/mol. The molecule has 1 unspecified atom stereocenters. The van der Waals surface area contributed by atoms with Gasteiger partial charge in [-0.25, -0.2) is 9.37 Å². The van der Waals surface area contributed by atoms with Gasteiger partial charge in [0, 0.05) is 10.8 Å². The van der Waals surface area contributed by atoms with E-state index in [0.29, 0.717) is 11.1 Å². The first-order valence-electron chi connectivity index (χ1n) is 8.32. The highest BCUT2D eigenvalue weighted by molar-refractivity contribution is 7.99. The van der Waals surface area contributed by atoms with Crippen molar-refractivity contribution in [1.29, 1.82) is 0 Å². The van der Waals surface area contributed by atoms with E-state index in [0.717, 1.165) is 29.1 Å². The van der Waals surface area contributed by atoms with Crippen LogP contribution in [0.2, 0.25) is 0 Å². The van der Waals surface area contributed by atoms with E-state index in [-0.39, 0.29) is 23.5 Å². The van der Waals surface area contributed by atoms with Gasteiger partial charge in [0.05, 0.1) is 11.8 Å². The Morgan fingerprint density at radius 1 is 1.35 bits per heavy atom. The van der Waals surface area contributed by atoms with Gasteiger partial charge in [-0.3, -0.25) is 9.89 Å². The molecule has 8 heteroatoms. The highest BCUT2D eigenvalue weighted by Gasteiger charge is 2.27. The van der Waals surface area contributed by atoms with Gasteiger partial charge in [-0.15, -0.1) is 16.4 Å². The SMILES string of the molecule is O=C(CSc1n[nH]c(C2CC2)n1)NC(c1ccc(F)cc1)c1cccs1. The number of halogens is 1. The zero-order valence-corrected chi connectivity index (χ0v) is 15.4. The number of amides is 1. The van der Waals surface area contributed by atoms with Crippen molar-refractivity contribution >= 4 is 29.0 Å². The molecular formula is C18H17FN4OS2. The number of hydrogen-bond donors (Lipinski definition) is 2. The second-order valence-corrected chi connectivity index (χ2v) is 8.06. The molecule has 1 amide bonds. The third kappa shape index (κ3) is 4.13. The maximum absolute atomic E-state index is 13.2. The minimum Gasteiger partial charge on any atom is -0.344 e. The standard InChI is InChI=1S/C18H17FN4OS2/c19-13-7-5-11(6-8-13)16(14-2-1-9-25-14)20-15(24)10-26-18-21-17(22-23-18)12-3-4-12/h1-2,5-9,12,16H,3-4,10H2,(H,20,24)(H,21,22,23). The van der Waals surface area contributed by atoms with E-state index in [1.807, 2.05) is 17.5 Å². The molecule has 0 radical (unpaired) electrons. The number of thiophene rings is 1. The second-order valence-electron chi connectivity index (χ2n) is 6.13. The molecule has 4 rings (SSSR count). The van der Waals surface area contributed by atoms with Crippen LogP contribution in [0, 0.1) is 5.82 Å². The van der Waals surface area contributed by atoms with Crippen LogP contribution in [0.1, 0.15) is 41.1 Å². The summed E-state index contributed by atoms with van der Waals surface area (Å²) in [6.07, 6.45) is 2.31. The van der Waals surface area contributed by atoms with Gasteiger partial charge in [-0.2, -0.15) is 0 Å². The molecule has 1 aliphatic rings. The summed E-state index contributed by atoms with van der Waals surface area (Å²) in [5, 5.41) is 12.7. The first-order valence-corrected chi connectivity index (χ1v) is 10.2. The lowest BCUT2D eigenvalue weighted by molar-refractivity contribution is -0.119. The fourth-order valence-corrected chi connectivity index (χ4v) is 4.04. The number of hydrogen-bond acceptors (Lipinski definition) is 5. The lowest BCUT2D eigenvalue weighted by Gasteiger charge is -2.18. The lowest BCUT2D eigenvalue weighted by atomic mass is 10.1. The Labute approximate surface area is 158 Å². The lowest BCUT2D eigenvalue weighted by Crippen LogP contribution is -2.30. The quantitative estimate of drug-likeness (QED) is 0.603. The topological polar surface area (TPSA) is 70.7 Å². The molecule has 0 aliphatic heterocycles. The van der Waals surface area contributed by atoms with E-state index in [2.05, 4.69) is 20.5 Å². The normalized spacial score (nSPS) is 15.0. The summed E-state index contributed by atoms with van der Waals surface area (Å²) < 4.78 is 13.2. The average molecular weight is 388 g/mol. The van der Waals surface area contributed by atoms with Gasteiger partial charge in [-0.05, 0) is 42.0 Å². The van der Waals surface area contributed by atoms with Crippen molar-refractivity contribution < 1.29 is 9.18 Å². The Balaban J connectivity index is 1.41. The van der Waals surface area contributed by atoms with Crippen molar-refractivity contribution in [3.8, 4) is 0 Å². The summed E-state index contributed by atoms with van der Waals surface area (Å²) in [4.78, 5) is 17.9. The summed E-state index contributed by atoms with van der Waals surface area (Å²) in [5.41, 5.74) is 0.848. The predicted molar refractivity (Wildman–Crippen MR) is 99.8 cm³/mol. The summed E-state index contributed by atoms with van der Waals surface area (Å²) >= 11 is 2.86. The fraction of sp³-hybridized carbons (Fsp3) is 0.278. The molecule has 1 fully saturated rings. The van der Waals surface area contributed by atoms with E-state index >= 15 is 0 Å². The molecule has 1 saturated carbocycles. The van der Waals surface area contributed by atoms with Crippen LogP contribution in [0.5, 0.6) is 0 Å². The maximum atomic E-state index is 13.2. The molecule has 0 spiro atoms. The van der Waals surface area contributed by atoms with Gasteiger partial charge in [0.1, 0.15) is 11.6 Å². The minimum atomic E-state index is -0.295. The van der Waals surface area contributed by atoms with Gasteiger partial charge in [0.25, 0.3) is 0 Å². The van der Waals surface area contributed by atoms with E-state index < -0.39 is 0 Å². The van der Waals surface area contributed by atoms with Crippen molar-refractivity contribution in [3.63, 3.8) is 0 Å².